The minimum absolute atomic E-state index is 0.0993. The molecule has 19 heavy (non-hydrogen) atoms. The van der Waals surface area contributed by atoms with Crippen LogP contribution in [0, 0.1) is 12.7 Å². The molecule has 0 unspecified atom stereocenters. The molecule has 0 atom stereocenters. The molecule has 0 heterocycles. The van der Waals surface area contributed by atoms with E-state index in [4.69, 9.17) is 11.6 Å². The number of unbranched alkanes of at least 4 members (excludes halogenated alkanes) is 1. The summed E-state index contributed by atoms with van der Waals surface area (Å²) in [6, 6.07) is 4.52. The Hall–Kier alpha value is -0.650. The molecular weight excluding hydrogens is 289 g/mol. The smallest absolute Gasteiger partial charge is 0.211 e. The summed E-state index contributed by atoms with van der Waals surface area (Å²) in [6.45, 7) is 2.14. The van der Waals surface area contributed by atoms with Crippen LogP contribution in [-0.2, 0) is 16.4 Å². The van der Waals surface area contributed by atoms with Gasteiger partial charge in [0.1, 0.15) is 5.82 Å². The SMILES string of the molecule is Cc1cc(F)ccc1CCNS(=O)(=O)CCCCCl. The highest BCUT2D eigenvalue weighted by molar-refractivity contribution is 7.89. The molecule has 1 aromatic carbocycles. The van der Waals surface area contributed by atoms with Crippen molar-refractivity contribution in [2.45, 2.75) is 26.2 Å². The van der Waals surface area contributed by atoms with Gasteiger partial charge in [0.05, 0.1) is 5.75 Å². The van der Waals surface area contributed by atoms with Crippen LogP contribution in [0.3, 0.4) is 0 Å². The minimum Gasteiger partial charge on any atom is -0.215 e. The van der Waals surface area contributed by atoms with Crippen molar-refractivity contribution < 1.29 is 12.8 Å². The maximum Gasteiger partial charge on any atom is 0.211 e. The zero-order valence-electron chi connectivity index (χ0n) is 11.0. The lowest BCUT2D eigenvalue weighted by Crippen LogP contribution is -2.28. The van der Waals surface area contributed by atoms with Crippen LogP contribution >= 0.6 is 11.6 Å². The van der Waals surface area contributed by atoms with Gasteiger partial charge in [-0.25, -0.2) is 17.5 Å². The molecule has 0 aromatic heterocycles. The summed E-state index contributed by atoms with van der Waals surface area (Å²) in [6.07, 6.45) is 1.81. The van der Waals surface area contributed by atoms with E-state index < -0.39 is 10.0 Å². The van der Waals surface area contributed by atoms with Gasteiger partial charge in [-0.1, -0.05) is 6.07 Å². The number of alkyl halides is 1. The molecule has 0 saturated carbocycles. The molecular formula is C13H19ClFNO2S. The lowest BCUT2D eigenvalue weighted by Gasteiger charge is -2.08. The third-order valence-corrected chi connectivity index (χ3v) is 4.55. The number of nitrogens with one attached hydrogen (secondary N) is 1. The molecule has 6 heteroatoms. The summed E-state index contributed by atoms with van der Waals surface area (Å²) in [5.74, 6) is 0.301. The van der Waals surface area contributed by atoms with Crippen LogP contribution in [0.5, 0.6) is 0 Å². The number of hydrogen-bond donors (Lipinski definition) is 1. The second-order valence-corrected chi connectivity index (χ2v) is 6.73. The summed E-state index contributed by atoms with van der Waals surface area (Å²) in [7, 11) is -3.23. The lowest BCUT2D eigenvalue weighted by molar-refractivity contribution is 0.578. The standard InChI is InChI=1S/C13H19ClFNO2S/c1-11-10-13(15)5-4-12(11)6-8-16-19(17,18)9-3-2-7-14/h4-5,10,16H,2-3,6-9H2,1H3. The van der Waals surface area contributed by atoms with Gasteiger partial charge in [0.25, 0.3) is 0 Å². The predicted molar refractivity (Wildman–Crippen MR) is 76.6 cm³/mol. The van der Waals surface area contributed by atoms with Crippen LogP contribution in [-0.4, -0.2) is 26.6 Å². The normalized spacial score (nSPS) is 11.7. The fourth-order valence-electron chi connectivity index (χ4n) is 1.74. The third-order valence-electron chi connectivity index (χ3n) is 2.82. The first-order chi connectivity index (χ1) is 8.94. The molecule has 1 rings (SSSR count). The summed E-state index contributed by atoms with van der Waals surface area (Å²) in [4.78, 5) is 0. The largest absolute Gasteiger partial charge is 0.215 e. The van der Waals surface area contributed by atoms with Gasteiger partial charge >= 0.3 is 0 Å². The van der Waals surface area contributed by atoms with E-state index in [1.807, 2.05) is 6.92 Å². The molecule has 108 valence electrons. The van der Waals surface area contributed by atoms with Crippen LogP contribution < -0.4 is 4.72 Å². The number of aryl methyl sites for hydroxylation is 1. The Morgan fingerprint density at radius 1 is 1.32 bits per heavy atom. The lowest BCUT2D eigenvalue weighted by atomic mass is 10.1. The molecule has 0 radical (unpaired) electrons. The second kappa shape index (κ2) is 7.82. The van der Waals surface area contributed by atoms with Crippen LogP contribution in [0.4, 0.5) is 4.39 Å². The zero-order chi connectivity index (χ0) is 14.3. The average Bonchev–Trinajstić information content (AvgIpc) is 2.32. The van der Waals surface area contributed by atoms with Crippen molar-refractivity contribution in [2.24, 2.45) is 0 Å². The van der Waals surface area contributed by atoms with Crippen molar-refractivity contribution in [1.82, 2.24) is 4.72 Å². The van der Waals surface area contributed by atoms with E-state index in [9.17, 15) is 12.8 Å². The van der Waals surface area contributed by atoms with Gasteiger partial charge < -0.3 is 0 Å². The van der Waals surface area contributed by atoms with Gasteiger partial charge in [-0.3, -0.25) is 0 Å². The maximum atomic E-state index is 12.9. The molecule has 0 spiro atoms. The van der Waals surface area contributed by atoms with E-state index in [0.29, 0.717) is 31.7 Å². The van der Waals surface area contributed by atoms with Crippen LogP contribution in [0.25, 0.3) is 0 Å². The molecule has 0 aliphatic rings. The molecule has 1 N–H and O–H groups in total. The second-order valence-electron chi connectivity index (χ2n) is 4.43. The van der Waals surface area contributed by atoms with Gasteiger partial charge in [0.15, 0.2) is 0 Å². The Morgan fingerprint density at radius 2 is 2.05 bits per heavy atom. The van der Waals surface area contributed by atoms with Gasteiger partial charge in [-0.2, -0.15) is 0 Å². The van der Waals surface area contributed by atoms with E-state index in [2.05, 4.69) is 4.72 Å². The Bertz CT molecular complexity index is 505. The fourth-order valence-corrected chi connectivity index (χ4v) is 3.07. The Balaban J connectivity index is 2.41. The van der Waals surface area contributed by atoms with Crippen molar-refractivity contribution in [3.05, 3.63) is 35.1 Å². The van der Waals surface area contributed by atoms with Crippen molar-refractivity contribution in [1.29, 1.82) is 0 Å². The van der Waals surface area contributed by atoms with E-state index in [1.165, 1.54) is 12.1 Å². The molecule has 3 nitrogen and oxygen atoms in total. The molecule has 1 aromatic rings. The Labute approximate surface area is 119 Å². The maximum absolute atomic E-state index is 12.9. The van der Waals surface area contributed by atoms with Crippen LogP contribution in [0.1, 0.15) is 24.0 Å². The van der Waals surface area contributed by atoms with Crippen molar-refractivity contribution in [3.63, 3.8) is 0 Å². The molecule has 0 saturated heterocycles. The van der Waals surface area contributed by atoms with E-state index >= 15 is 0 Å². The fraction of sp³-hybridized carbons (Fsp3) is 0.538. The Kier molecular flexibility index (Phi) is 6.75. The molecule has 0 aliphatic carbocycles. The van der Waals surface area contributed by atoms with Gasteiger partial charge in [-0.05, 0) is 49.4 Å². The number of halogens is 2. The Morgan fingerprint density at radius 3 is 2.68 bits per heavy atom. The minimum atomic E-state index is -3.23. The highest BCUT2D eigenvalue weighted by Crippen LogP contribution is 2.10. The molecule has 0 fully saturated rings. The quantitative estimate of drug-likeness (QED) is 0.593. The highest BCUT2D eigenvalue weighted by Gasteiger charge is 2.09. The molecule has 0 bridgehead atoms. The van der Waals surface area contributed by atoms with Crippen LogP contribution in [0.15, 0.2) is 18.2 Å². The predicted octanol–water partition coefficient (Wildman–Crippen LogP) is 2.62. The third kappa shape index (κ3) is 6.36. The van der Waals surface area contributed by atoms with Gasteiger partial charge in [0, 0.05) is 12.4 Å². The number of hydrogen-bond acceptors (Lipinski definition) is 2. The van der Waals surface area contributed by atoms with Crippen molar-refractivity contribution in [2.75, 3.05) is 18.2 Å². The van der Waals surface area contributed by atoms with E-state index in [0.717, 1.165) is 11.1 Å². The highest BCUT2D eigenvalue weighted by atomic mass is 35.5. The first-order valence-corrected chi connectivity index (χ1v) is 8.41. The number of benzene rings is 1. The van der Waals surface area contributed by atoms with Crippen LogP contribution in [0.2, 0.25) is 0 Å². The average molecular weight is 308 g/mol. The number of rotatable bonds is 8. The van der Waals surface area contributed by atoms with Crippen molar-refractivity contribution >= 4 is 21.6 Å². The monoisotopic (exact) mass is 307 g/mol. The summed E-state index contributed by atoms with van der Waals surface area (Å²) in [5, 5.41) is 0. The van der Waals surface area contributed by atoms with Gasteiger partial charge in [0.2, 0.25) is 10.0 Å². The summed E-state index contributed by atoms with van der Waals surface area (Å²) >= 11 is 5.50. The summed E-state index contributed by atoms with van der Waals surface area (Å²) < 4.78 is 38.7. The first-order valence-electron chi connectivity index (χ1n) is 6.23. The summed E-state index contributed by atoms with van der Waals surface area (Å²) in [5.41, 5.74) is 1.78. The molecule has 0 aliphatic heterocycles. The topological polar surface area (TPSA) is 46.2 Å². The zero-order valence-corrected chi connectivity index (χ0v) is 12.5. The van der Waals surface area contributed by atoms with Gasteiger partial charge in [-0.15, -0.1) is 11.6 Å². The van der Waals surface area contributed by atoms with Crippen molar-refractivity contribution in [3.8, 4) is 0 Å². The first kappa shape index (κ1) is 16.4. The van der Waals surface area contributed by atoms with E-state index in [-0.39, 0.29) is 11.6 Å². The van der Waals surface area contributed by atoms with E-state index in [1.54, 1.807) is 6.07 Å². The molecule has 0 amide bonds. The number of sulfonamides is 1.